The summed E-state index contributed by atoms with van der Waals surface area (Å²) in [5, 5.41) is 7.45. The highest BCUT2D eigenvalue weighted by Gasteiger charge is 2.15. The van der Waals surface area contributed by atoms with Crippen LogP contribution in [0.5, 0.6) is 0 Å². The van der Waals surface area contributed by atoms with Crippen molar-refractivity contribution in [2.45, 2.75) is 0 Å². The molecule has 11 nitrogen and oxygen atoms in total. The molecule has 0 aliphatic rings. The number of nitrogens with one attached hydrogen (secondary N) is 3. The number of guanidine groups is 1. The van der Waals surface area contributed by atoms with Crippen molar-refractivity contribution in [3.05, 3.63) is 10.8 Å². The molecule has 1 aromatic rings. The lowest BCUT2D eigenvalue weighted by Gasteiger charge is -2.10. The number of carbonyl (C=O) groups is 2. The predicted octanol–water partition coefficient (Wildman–Crippen LogP) is -1.73. The molecule has 0 bridgehead atoms. The minimum atomic E-state index is -0.753. The molecule has 0 saturated carbocycles. The highest BCUT2D eigenvalue weighted by molar-refractivity contribution is 6.31. The molecule has 0 atom stereocenters. The number of halogens is 1. The first-order chi connectivity index (χ1) is 10.3. The maximum atomic E-state index is 11.9. The number of carbonyl (C=O) groups excluding carboxylic acids is 2. The van der Waals surface area contributed by atoms with Gasteiger partial charge in [0.05, 0.1) is 0 Å². The number of aliphatic imine (C=N–C) groups is 1. The number of hydrogen-bond acceptors (Lipinski definition) is 7. The second-order valence-electron chi connectivity index (χ2n) is 3.88. The van der Waals surface area contributed by atoms with Crippen molar-refractivity contribution in [1.29, 1.82) is 0 Å². The zero-order valence-corrected chi connectivity index (χ0v) is 12.4. The summed E-state index contributed by atoms with van der Waals surface area (Å²) in [4.78, 5) is 33.8. The molecule has 3 amide bonds. The first kappa shape index (κ1) is 17.2. The molecular weight excluding hydrogens is 314 g/mol. The molecule has 9 N–H and O–H groups in total. The van der Waals surface area contributed by atoms with Crippen LogP contribution in [0.15, 0.2) is 4.99 Å². The molecule has 0 aliphatic carbocycles. The van der Waals surface area contributed by atoms with E-state index in [9.17, 15) is 9.59 Å². The topological polar surface area (TPSA) is 186 Å². The molecular formula is C10H16ClN9O2. The van der Waals surface area contributed by atoms with Gasteiger partial charge in [-0.2, -0.15) is 0 Å². The van der Waals surface area contributed by atoms with E-state index in [4.69, 9.17) is 28.8 Å². The Bertz CT molecular complexity index is 604. The number of rotatable bonds is 4. The van der Waals surface area contributed by atoms with E-state index in [1.807, 2.05) is 0 Å². The molecule has 1 aromatic heterocycles. The number of primary amides is 1. The SMILES string of the molecule is CN=C(NCCNC(=O)c1nc(Cl)c(N)nc1N)NC(N)=O. The third kappa shape index (κ3) is 4.94. The Kier molecular flexibility index (Phi) is 6.13. The Morgan fingerprint density at radius 2 is 1.82 bits per heavy atom. The fraction of sp³-hybridized carbons (Fsp3) is 0.300. The van der Waals surface area contributed by atoms with Crippen molar-refractivity contribution in [3.8, 4) is 0 Å². The highest BCUT2D eigenvalue weighted by atomic mass is 35.5. The number of urea groups is 1. The van der Waals surface area contributed by atoms with E-state index in [0.29, 0.717) is 0 Å². The monoisotopic (exact) mass is 329 g/mol. The third-order valence-corrected chi connectivity index (χ3v) is 2.57. The van der Waals surface area contributed by atoms with Crippen molar-refractivity contribution in [3.63, 3.8) is 0 Å². The van der Waals surface area contributed by atoms with E-state index in [0.717, 1.165) is 0 Å². The summed E-state index contributed by atoms with van der Waals surface area (Å²) in [5.41, 5.74) is 15.8. The summed E-state index contributed by atoms with van der Waals surface area (Å²) in [5.74, 6) is -0.569. The zero-order chi connectivity index (χ0) is 16.7. The van der Waals surface area contributed by atoms with Crippen molar-refractivity contribution >= 4 is 41.1 Å². The lowest BCUT2D eigenvalue weighted by molar-refractivity contribution is 0.0950. The van der Waals surface area contributed by atoms with Gasteiger partial charge in [-0.3, -0.25) is 15.1 Å². The Morgan fingerprint density at radius 3 is 2.41 bits per heavy atom. The average molecular weight is 330 g/mol. The van der Waals surface area contributed by atoms with Crippen molar-refractivity contribution in [2.24, 2.45) is 10.7 Å². The molecule has 0 unspecified atom stereocenters. The number of amides is 3. The van der Waals surface area contributed by atoms with E-state index in [1.54, 1.807) is 0 Å². The Morgan fingerprint density at radius 1 is 1.18 bits per heavy atom. The van der Waals surface area contributed by atoms with Crippen molar-refractivity contribution in [1.82, 2.24) is 25.9 Å². The molecule has 0 radical (unpaired) electrons. The fourth-order valence-electron chi connectivity index (χ4n) is 1.35. The van der Waals surface area contributed by atoms with Crippen LogP contribution in [0, 0.1) is 0 Å². The van der Waals surface area contributed by atoms with Gasteiger partial charge in [0.15, 0.2) is 28.4 Å². The average Bonchev–Trinajstić information content (AvgIpc) is 2.45. The molecule has 0 aromatic carbocycles. The van der Waals surface area contributed by atoms with E-state index < -0.39 is 11.9 Å². The number of nitrogen functional groups attached to an aromatic ring is 2. The van der Waals surface area contributed by atoms with Crippen LogP contribution in [0.3, 0.4) is 0 Å². The number of anilines is 2. The normalized spacial score (nSPS) is 10.9. The molecule has 22 heavy (non-hydrogen) atoms. The number of nitrogens with two attached hydrogens (primary N) is 3. The van der Waals surface area contributed by atoms with E-state index in [1.165, 1.54) is 7.05 Å². The minimum Gasteiger partial charge on any atom is -0.382 e. The van der Waals surface area contributed by atoms with Gasteiger partial charge in [-0.1, -0.05) is 11.6 Å². The van der Waals surface area contributed by atoms with Crippen molar-refractivity contribution in [2.75, 3.05) is 31.6 Å². The summed E-state index contributed by atoms with van der Waals surface area (Å²) >= 11 is 5.69. The Labute approximate surface area is 130 Å². The summed E-state index contributed by atoms with van der Waals surface area (Å²) in [6.07, 6.45) is 0. The molecule has 1 heterocycles. The standard InChI is InChI=1S/C10H16ClN9O2/c1-15-10(20-9(14)22)17-3-2-16-8(21)4-6(12)19-7(13)5(11)18-4/h2-3H2,1H3,(H,16,21)(H4,12,13,19)(H4,14,15,17,20,22). The van der Waals surface area contributed by atoms with Crippen LogP contribution in [-0.4, -0.2) is 48.0 Å². The van der Waals surface area contributed by atoms with Gasteiger partial charge in [0.25, 0.3) is 5.91 Å². The summed E-state index contributed by atoms with van der Waals surface area (Å²) in [6, 6.07) is -0.753. The molecule has 12 heteroatoms. The van der Waals surface area contributed by atoms with Gasteiger partial charge >= 0.3 is 6.03 Å². The molecule has 0 saturated heterocycles. The van der Waals surface area contributed by atoms with Gasteiger partial charge in [0.1, 0.15) is 0 Å². The highest BCUT2D eigenvalue weighted by Crippen LogP contribution is 2.16. The van der Waals surface area contributed by atoms with Crippen LogP contribution in [-0.2, 0) is 0 Å². The van der Waals surface area contributed by atoms with E-state index in [-0.39, 0.29) is 41.5 Å². The summed E-state index contributed by atoms with van der Waals surface area (Å²) in [7, 11) is 1.46. The molecule has 0 spiro atoms. The van der Waals surface area contributed by atoms with Gasteiger partial charge in [0, 0.05) is 20.1 Å². The lowest BCUT2D eigenvalue weighted by atomic mass is 10.3. The first-order valence-electron chi connectivity index (χ1n) is 5.99. The lowest BCUT2D eigenvalue weighted by Crippen LogP contribution is -2.45. The fourth-order valence-corrected chi connectivity index (χ4v) is 1.47. The summed E-state index contributed by atoms with van der Waals surface area (Å²) < 4.78 is 0. The Hall–Kier alpha value is -2.82. The number of hydrogen-bond donors (Lipinski definition) is 6. The van der Waals surface area contributed by atoms with Gasteiger partial charge in [0.2, 0.25) is 0 Å². The van der Waals surface area contributed by atoms with Gasteiger partial charge in [-0.15, -0.1) is 0 Å². The quantitative estimate of drug-likeness (QED) is 0.215. The van der Waals surface area contributed by atoms with Crippen molar-refractivity contribution < 1.29 is 9.59 Å². The summed E-state index contributed by atoms with van der Waals surface area (Å²) in [6.45, 7) is 0.468. The van der Waals surface area contributed by atoms with Crippen LogP contribution < -0.4 is 33.2 Å². The van der Waals surface area contributed by atoms with Crippen LogP contribution >= 0.6 is 11.6 Å². The predicted molar refractivity (Wildman–Crippen MR) is 82.3 cm³/mol. The second kappa shape index (κ2) is 7.83. The van der Waals surface area contributed by atoms with Crippen LogP contribution in [0.2, 0.25) is 5.15 Å². The molecule has 1 rings (SSSR count). The van der Waals surface area contributed by atoms with Crippen LogP contribution in [0.1, 0.15) is 10.5 Å². The molecule has 120 valence electrons. The Balaban J connectivity index is 2.50. The van der Waals surface area contributed by atoms with E-state index >= 15 is 0 Å². The molecule has 0 aliphatic heterocycles. The van der Waals surface area contributed by atoms with Crippen LogP contribution in [0.4, 0.5) is 16.4 Å². The van der Waals surface area contributed by atoms with Gasteiger partial charge < -0.3 is 27.8 Å². The molecule has 0 fully saturated rings. The van der Waals surface area contributed by atoms with Gasteiger partial charge in [-0.25, -0.2) is 14.8 Å². The van der Waals surface area contributed by atoms with Crippen LogP contribution in [0.25, 0.3) is 0 Å². The zero-order valence-electron chi connectivity index (χ0n) is 11.7. The maximum absolute atomic E-state index is 11.9. The van der Waals surface area contributed by atoms with E-state index in [2.05, 4.69) is 30.9 Å². The second-order valence-corrected chi connectivity index (χ2v) is 4.24. The number of nitrogens with zero attached hydrogens (tertiary/aromatic N) is 3. The maximum Gasteiger partial charge on any atom is 0.318 e. The number of aromatic nitrogens is 2. The third-order valence-electron chi connectivity index (χ3n) is 2.29. The first-order valence-corrected chi connectivity index (χ1v) is 6.36. The smallest absolute Gasteiger partial charge is 0.318 e. The largest absolute Gasteiger partial charge is 0.382 e. The minimum absolute atomic E-state index is 0.0568. The van der Waals surface area contributed by atoms with Gasteiger partial charge in [-0.05, 0) is 0 Å².